The summed E-state index contributed by atoms with van der Waals surface area (Å²) in [6, 6.07) is 16.3. The van der Waals surface area contributed by atoms with Crippen LogP contribution in [0, 0.1) is 6.92 Å². The molecule has 2 aromatic heterocycles. The Morgan fingerprint density at radius 2 is 1.93 bits per heavy atom. The molecule has 0 atom stereocenters. The van der Waals surface area contributed by atoms with E-state index in [4.69, 9.17) is 4.74 Å². The standard InChI is InChI=1S/C20H16N4O3S/c1-12-11-14(25)17(23-24(12)13-7-4-3-5-8-13)19(26)22-20-21-18-15(27-2)9-6-10-16(18)28-20/h3-11H,1-2H3,(H,21,22,26). The van der Waals surface area contributed by atoms with Crippen LogP contribution < -0.4 is 15.5 Å². The molecule has 2 heterocycles. The Morgan fingerprint density at radius 1 is 1.14 bits per heavy atom. The number of methoxy groups -OCH3 is 1. The molecule has 2 aromatic carbocycles. The molecule has 0 aliphatic carbocycles. The van der Waals surface area contributed by atoms with Crippen molar-refractivity contribution in [2.75, 3.05) is 12.4 Å². The Hall–Kier alpha value is -3.52. The highest BCUT2D eigenvalue weighted by Crippen LogP contribution is 2.32. The summed E-state index contributed by atoms with van der Waals surface area (Å²) in [5.74, 6) is 0.0156. The summed E-state index contributed by atoms with van der Waals surface area (Å²) in [7, 11) is 1.56. The van der Waals surface area contributed by atoms with Crippen LogP contribution in [-0.4, -0.2) is 27.8 Å². The van der Waals surface area contributed by atoms with Crippen molar-refractivity contribution in [3.63, 3.8) is 0 Å². The maximum atomic E-state index is 12.7. The first-order valence-corrected chi connectivity index (χ1v) is 9.30. The number of benzene rings is 2. The molecule has 0 radical (unpaired) electrons. The van der Waals surface area contributed by atoms with E-state index in [-0.39, 0.29) is 5.69 Å². The fourth-order valence-corrected chi connectivity index (χ4v) is 3.71. The zero-order valence-electron chi connectivity index (χ0n) is 15.2. The van der Waals surface area contributed by atoms with E-state index in [1.165, 1.54) is 17.4 Å². The number of nitrogens with one attached hydrogen (secondary N) is 1. The molecule has 0 aliphatic heterocycles. The first-order valence-electron chi connectivity index (χ1n) is 8.48. The van der Waals surface area contributed by atoms with Gasteiger partial charge >= 0.3 is 0 Å². The molecule has 28 heavy (non-hydrogen) atoms. The third kappa shape index (κ3) is 3.25. The lowest BCUT2D eigenvalue weighted by atomic mass is 10.2. The van der Waals surface area contributed by atoms with Crippen LogP contribution in [0.15, 0.2) is 59.4 Å². The van der Waals surface area contributed by atoms with Crippen LogP contribution in [0.25, 0.3) is 15.9 Å². The van der Waals surface area contributed by atoms with Crippen molar-refractivity contribution in [3.05, 3.63) is 76.2 Å². The second kappa shape index (κ2) is 7.24. The number of aryl methyl sites for hydroxylation is 1. The summed E-state index contributed by atoms with van der Waals surface area (Å²) < 4.78 is 7.73. The average molecular weight is 392 g/mol. The van der Waals surface area contributed by atoms with E-state index in [2.05, 4.69) is 15.4 Å². The van der Waals surface area contributed by atoms with E-state index in [1.54, 1.807) is 24.8 Å². The Bertz CT molecular complexity index is 1230. The van der Waals surface area contributed by atoms with Gasteiger partial charge in [0.15, 0.2) is 10.8 Å². The van der Waals surface area contributed by atoms with Crippen molar-refractivity contribution in [3.8, 4) is 11.4 Å². The highest BCUT2D eigenvalue weighted by Gasteiger charge is 2.18. The van der Waals surface area contributed by atoms with Crippen molar-refractivity contribution in [1.82, 2.24) is 14.8 Å². The first-order chi connectivity index (χ1) is 13.6. The molecule has 4 rings (SSSR count). The number of hydrogen-bond acceptors (Lipinski definition) is 6. The van der Waals surface area contributed by atoms with Crippen LogP contribution in [0.4, 0.5) is 5.13 Å². The van der Waals surface area contributed by atoms with Gasteiger partial charge in [0.2, 0.25) is 5.43 Å². The number of carbonyl (C=O) groups is 1. The van der Waals surface area contributed by atoms with Gasteiger partial charge < -0.3 is 4.74 Å². The van der Waals surface area contributed by atoms with Gasteiger partial charge in [-0.3, -0.25) is 14.9 Å². The second-order valence-corrected chi connectivity index (χ2v) is 7.06. The smallest absolute Gasteiger partial charge is 0.281 e. The number of ether oxygens (including phenoxy) is 1. The highest BCUT2D eigenvalue weighted by molar-refractivity contribution is 7.22. The van der Waals surface area contributed by atoms with Gasteiger partial charge in [-0.15, -0.1) is 0 Å². The van der Waals surface area contributed by atoms with E-state index in [0.29, 0.717) is 22.1 Å². The van der Waals surface area contributed by atoms with Gasteiger partial charge in [0, 0.05) is 11.8 Å². The lowest BCUT2D eigenvalue weighted by Crippen LogP contribution is -2.26. The summed E-state index contributed by atoms with van der Waals surface area (Å²) >= 11 is 1.30. The molecule has 4 aromatic rings. The number of anilines is 1. The lowest BCUT2D eigenvalue weighted by molar-refractivity contribution is 0.101. The topological polar surface area (TPSA) is 86.1 Å². The van der Waals surface area contributed by atoms with E-state index in [0.717, 1.165) is 10.4 Å². The quantitative estimate of drug-likeness (QED) is 0.575. The summed E-state index contributed by atoms with van der Waals surface area (Å²) in [5.41, 5.74) is 1.42. The third-order valence-corrected chi connectivity index (χ3v) is 5.08. The Labute approximate surface area is 164 Å². The summed E-state index contributed by atoms with van der Waals surface area (Å²) in [6.07, 6.45) is 0. The minimum absolute atomic E-state index is 0.194. The fourth-order valence-electron chi connectivity index (χ4n) is 2.83. The second-order valence-electron chi connectivity index (χ2n) is 6.03. The first kappa shape index (κ1) is 17.9. The Kier molecular flexibility index (Phi) is 4.62. The molecule has 0 aliphatic rings. The summed E-state index contributed by atoms with van der Waals surface area (Å²) in [6.45, 7) is 1.77. The number of thiazole rings is 1. The van der Waals surface area contributed by atoms with Gasteiger partial charge in [0.25, 0.3) is 5.91 Å². The SMILES string of the molecule is COc1cccc2sc(NC(=O)c3nn(-c4ccccc4)c(C)cc3=O)nc12. The van der Waals surface area contributed by atoms with Gasteiger partial charge in [-0.05, 0) is 31.2 Å². The zero-order valence-corrected chi connectivity index (χ0v) is 16.0. The van der Waals surface area contributed by atoms with Crippen LogP contribution in [-0.2, 0) is 0 Å². The molecule has 1 N–H and O–H groups in total. The van der Waals surface area contributed by atoms with Gasteiger partial charge in [-0.2, -0.15) is 5.10 Å². The molecule has 0 unspecified atom stereocenters. The van der Waals surface area contributed by atoms with Gasteiger partial charge in [-0.1, -0.05) is 35.6 Å². The maximum Gasteiger partial charge on any atom is 0.281 e. The minimum atomic E-state index is -0.604. The lowest BCUT2D eigenvalue weighted by Gasteiger charge is -2.10. The average Bonchev–Trinajstić information content (AvgIpc) is 3.11. The van der Waals surface area contributed by atoms with Crippen LogP contribution >= 0.6 is 11.3 Å². The Morgan fingerprint density at radius 3 is 2.68 bits per heavy atom. The molecule has 1 amide bonds. The molecule has 0 spiro atoms. The molecule has 140 valence electrons. The Balaban J connectivity index is 1.70. The minimum Gasteiger partial charge on any atom is -0.494 e. The van der Waals surface area contributed by atoms with Crippen molar-refractivity contribution < 1.29 is 9.53 Å². The predicted octanol–water partition coefficient (Wildman–Crippen LogP) is 3.41. The van der Waals surface area contributed by atoms with E-state index in [9.17, 15) is 9.59 Å². The van der Waals surface area contributed by atoms with Crippen LogP contribution in [0.1, 0.15) is 16.2 Å². The number of hydrogen-bond donors (Lipinski definition) is 1. The summed E-state index contributed by atoms with van der Waals surface area (Å²) in [4.78, 5) is 29.5. The molecular weight excluding hydrogens is 376 g/mol. The number of fused-ring (bicyclic) bond motifs is 1. The maximum absolute atomic E-state index is 12.7. The van der Waals surface area contributed by atoms with E-state index < -0.39 is 11.3 Å². The van der Waals surface area contributed by atoms with Crippen molar-refractivity contribution in [1.29, 1.82) is 0 Å². The van der Waals surface area contributed by atoms with Crippen LogP contribution in [0.3, 0.4) is 0 Å². The number of carbonyl (C=O) groups excluding carboxylic acids is 1. The number of para-hydroxylation sites is 2. The monoisotopic (exact) mass is 392 g/mol. The van der Waals surface area contributed by atoms with Crippen LogP contribution in [0.5, 0.6) is 5.75 Å². The summed E-state index contributed by atoms with van der Waals surface area (Å²) in [5, 5.41) is 7.32. The van der Waals surface area contributed by atoms with Crippen molar-refractivity contribution in [2.45, 2.75) is 6.92 Å². The van der Waals surface area contributed by atoms with Crippen molar-refractivity contribution >= 4 is 32.6 Å². The van der Waals surface area contributed by atoms with E-state index >= 15 is 0 Å². The molecule has 0 fully saturated rings. The number of rotatable bonds is 4. The van der Waals surface area contributed by atoms with Crippen LogP contribution in [0.2, 0.25) is 0 Å². The zero-order chi connectivity index (χ0) is 19.7. The number of amides is 1. The predicted molar refractivity (Wildman–Crippen MR) is 109 cm³/mol. The number of nitrogens with zero attached hydrogens (tertiary/aromatic N) is 3. The van der Waals surface area contributed by atoms with Crippen molar-refractivity contribution in [2.24, 2.45) is 0 Å². The molecule has 7 nitrogen and oxygen atoms in total. The molecule has 0 saturated carbocycles. The van der Waals surface area contributed by atoms with Gasteiger partial charge in [0.05, 0.1) is 17.5 Å². The normalized spacial score (nSPS) is 10.8. The molecule has 0 bridgehead atoms. The van der Waals surface area contributed by atoms with Gasteiger partial charge in [-0.25, -0.2) is 9.67 Å². The molecule has 8 heteroatoms. The highest BCUT2D eigenvalue weighted by atomic mass is 32.1. The van der Waals surface area contributed by atoms with Gasteiger partial charge in [0.1, 0.15) is 11.3 Å². The molecular formula is C20H16N4O3S. The molecule has 0 saturated heterocycles. The fraction of sp³-hybridized carbons (Fsp3) is 0.100. The van der Waals surface area contributed by atoms with E-state index in [1.807, 2.05) is 42.5 Å². The largest absolute Gasteiger partial charge is 0.494 e. The number of aromatic nitrogens is 3. The third-order valence-electron chi connectivity index (χ3n) is 4.15.